The molecule has 2 unspecified atom stereocenters. The number of carboxylic acid groups (broad SMARTS) is 1. The van der Waals surface area contributed by atoms with E-state index >= 15 is 0 Å². The lowest BCUT2D eigenvalue weighted by atomic mass is 10.0. The maximum atomic E-state index is 13.6. The predicted molar refractivity (Wildman–Crippen MR) is 66.6 cm³/mol. The van der Waals surface area contributed by atoms with E-state index in [1.807, 2.05) is 0 Å². The number of ether oxygens (including phenoxy) is 1. The minimum Gasteiger partial charge on any atom is -0.481 e. The summed E-state index contributed by atoms with van der Waals surface area (Å²) in [5.74, 6) is -3.24. The predicted octanol–water partition coefficient (Wildman–Crippen LogP) is 0.782. The first-order valence-electron chi connectivity index (χ1n) is 6.28. The van der Waals surface area contributed by atoms with E-state index in [9.17, 15) is 14.0 Å². The quantitative estimate of drug-likeness (QED) is 0.826. The third-order valence-electron chi connectivity index (χ3n) is 3.36. The molecule has 0 saturated carbocycles. The van der Waals surface area contributed by atoms with E-state index in [4.69, 9.17) is 9.84 Å². The number of aliphatic carboxylic acids is 1. The lowest BCUT2D eigenvalue weighted by Gasteiger charge is -2.29. The highest BCUT2D eigenvalue weighted by atomic mass is 19.1. The molecule has 1 fully saturated rings. The normalized spacial score (nSPS) is 21.7. The standard InChI is InChI=1S/C13H15FN2O4/c1-2-16(10-7-20-6-9(10)13(18)19)12(17)8-4-3-5-15-11(8)14/h3-5,9-10H,2,6-7H2,1H3,(H,18,19). The minimum absolute atomic E-state index is 0.0549. The van der Waals surface area contributed by atoms with E-state index in [0.29, 0.717) is 0 Å². The molecule has 2 rings (SSSR count). The second kappa shape index (κ2) is 5.96. The molecule has 20 heavy (non-hydrogen) atoms. The van der Waals surface area contributed by atoms with Crippen LogP contribution in [0.25, 0.3) is 0 Å². The van der Waals surface area contributed by atoms with Crippen molar-refractivity contribution >= 4 is 11.9 Å². The molecule has 0 radical (unpaired) electrons. The molecule has 1 aliphatic rings. The van der Waals surface area contributed by atoms with Crippen LogP contribution in [0.2, 0.25) is 0 Å². The Morgan fingerprint density at radius 3 is 2.90 bits per heavy atom. The molecule has 7 heteroatoms. The van der Waals surface area contributed by atoms with Gasteiger partial charge < -0.3 is 14.7 Å². The first kappa shape index (κ1) is 14.4. The first-order chi connectivity index (χ1) is 9.56. The third kappa shape index (κ3) is 2.62. The molecule has 1 amide bonds. The Morgan fingerprint density at radius 1 is 1.55 bits per heavy atom. The average Bonchev–Trinajstić information content (AvgIpc) is 2.89. The van der Waals surface area contributed by atoms with E-state index in [1.165, 1.54) is 23.2 Å². The Hall–Kier alpha value is -2.02. The largest absolute Gasteiger partial charge is 0.481 e. The van der Waals surface area contributed by atoms with E-state index < -0.39 is 29.8 Å². The molecule has 0 bridgehead atoms. The van der Waals surface area contributed by atoms with Gasteiger partial charge in [0.2, 0.25) is 5.95 Å². The molecule has 2 atom stereocenters. The summed E-state index contributed by atoms with van der Waals surface area (Å²) in [6.45, 7) is 2.17. The molecule has 2 heterocycles. The van der Waals surface area contributed by atoms with Crippen molar-refractivity contribution in [2.75, 3.05) is 19.8 Å². The van der Waals surface area contributed by atoms with Crippen LogP contribution in [-0.2, 0) is 9.53 Å². The van der Waals surface area contributed by atoms with Gasteiger partial charge in [0.1, 0.15) is 5.92 Å². The molecule has 1 N–H and O–H groups in total. The molecule has 0 aliphatic carbocycles. The number of carboxylic acids is 1. The van der Waals surface area contributed by atoms with Crippen molar-refractivity contribution in [3.8, 4) is 0 Å². The number of carbonyl (C=O) groups is 2. The molecule has 1 aromatic heterocycles. The van der Waals surface area contributed by atoms with Crippen molar-refractivity contribution in [3.63, 3.8) is 0 Å². The van der Waals surface area contributed by atoms with Gasteiger partial charge in [-0.05, 0) is 19.1 Å². The molecular weight excluding hydrogens is 267 g/mol. The fourth-order valence-electron chi connectivity index (χ4n) is 2.32. The van der Waals surface area contributed by atoms with Crippen molar-refractivity contribution in [3.05, 3.63) is 29.8 Å². The van der Waals surface area contributed by atoms with E-state index in [-0.39, 0.29) is 25.3 Å². The number of hydrogen-bond donors (Lipinski definition) is 1. The molecular formula is C13H15FN2O4. The summed E-state index contributed by atoms with van der Waals surface area (Å²) in [5.41, 5.74) is -0.162. The number of pyridine rings is 1. The minimum atomic E-state index is -1.02. The number of rotatable bonds is 4. The van der Waals surface area contributed by atoms with Crippen LogP contribution >= 0.6 is 0 Å². The SMILES string of the molecule is CCN(C(=O)c1cccnc1F)C1COCC1C(=O)O. The maximum absolute atomic E-state index is 13.6. The smallest absolute Gasteiger partial charge is 0.311 e. The number of aromatic nitrogens is 1. The van der Waals surface area contributed by atoms with Gasteiger partial charge in [-0.15, -0.1) is 0 Å². The number of carbonyl (C=O) groups excluding carboxylic acids is 1. The number of likely N-dealkylation sites (N-methyl/N-ethyl adjacent to an activating group) is 1. The van der Waals surface area contributed by atoms with E-state index in [0.717, 1.165) is 0 Å². The summed E-state index contributed by atoms with van der Waals surface area (Å²) in [6, 6.07) is 2.20. The average molecular weight is 282 g/mol. The Labute approximate surface area is 115 Å². The van der Waals surface area contributed by atoms with Crippen molar-refractivity contribution in [1.29, 1.82) is 0 Å². The first-order valence-corrected chi connectivity index (χ1v) is 6.28. The highest BCUT2D eigenvalue weighted by Gasteiger charge is 2.40. The summed E-state index contributed by atoms with van der Waals surface area (Å²) >= 11 is 0. The summed E-state index contributed by atoms with van der Waals surface area (Å²) in [5, 5.41) is 9.13. The fraction of sp³-hybridized carbons (Fsp3) is 0.462. The molecule has 108 valence electrons. The maximum Gasteiger partial charge on any atom is 0.311 e. The third-order valence-corrected chi connectivity index (χ3v) is 3.36. The molecule has 0 spiro atoms. The Kier molecular flexibility index (Phi) is 4.29. The monoisotopic (exact) mass is 282 g/mol. The van der Waals surface area contributed by atoms with Crippen molar-refractivity contribution in [1.82, 2.24) is 9.88 Å². The van der Waals surface area contributed by atoms with Crippen LogP contribution < -0.4 is 0 Å². The van der Waals surface area contributed by atoms with Crippen molar-refractivity contribution in [2.24, 2.45) is 5.92 Å². The number of halogens is 1. The Morgan fingerprint density at radius 2 is 2.30 bits per heavy atom. The van der Waals surface area contributed by atoms with Gasteiger partial charge in [-0.3, -0.25) is 9.59 Å². The second-order valence-corrected chi connectivity index (χ2v) is 4.48. The lowest BCUT2D eigenvalue weighted by Crippen LogP contribution is -2.46. The molecule has 1 aromatic rings. The van der Waals surface area contributed by atoms with Gasteiger partial charge in [0.15, 0.2) is 0 Å². The van der Waals surface area contributed by atoms with Crippen LogP contribution in [0.1, 0.15) is 17.3 Å². The molecule has 6 nitrogen and oxygen atoms in total. The van der Waals surface area contributed by atoms with Crippen LogP contribution in [0.4, 0.5) is 4.39 Å². The highest BCUT2D eigenvalue weighted by molar-refractivity contribution is 5.94. The number of amides is 1. The van der Waals surface area contributed by atoms with Crippen LogP contribution in [0, 0.1) is 11.9 Å². The van der Waals surface area contributed by atoms with Crippen LogP contribution in [-0.4, -0.2) is 52.7 Å². The summed E-state index contributed by atoms with van der Waals surface area (Å²) in [7, 11) is 0. The molecule has 1 saturated heterocycles. The van der Waals surface area contributed by atoms with Crippen LogP contribution in [0.5, 0.6) is 0 Å². The van der Waals surface area contributed by atoms with Gasteiger partial charge in [-0.2, -0.15) is 4.39 Å². The molecule has 0 aromatic carbocycles. The number of nitrogens with zero attached hydrogens (tertiary/aromatic N) is 2. The van der Waals surface area contributed by atoms with Crippen molar-refractivity contribution in [2.45, 2.75) is 13.0 Å². The lowest BCUT2D eigenvalue weighted by molar-refractivity contribution is -0.142. The van der Waals surface area contributed by atoms with E-state index in [2.05, 4.69) is 4.98 Å². The van der Waals surface area contributed by atoms with Gasteiger partial charge in [0.05, 0.1) is 24.8 Å². The summed E-state index contributed by atoms with van der Waals surface area (Å²) in [4.78, 5) is 28.3. The summed E-state index contributed by atoms with van der Waals surface area (Å²) < 4.78 is 18.7. The van der Waals surface area contributed by atoms with Crippen LogP contribution in [0.15, 0.2) is 18.3 Å². The van der Waals surface area contributed by atoms with Gasteiger partial charge in [0, 0.05) is 12.7 Å². The summed E-state index contributed by atoms with van der Waals surface area (Å²) in [6.07, 6.45) is 1.25. The zero-order valence-electron chi connectivity index (χ0n) is 11.0. The number of hydrogen-bond acceptors (Lipinski definition) is 4. The van der Waals surface area contributed by atoms with Gasteiger partial charge >= 0.3 is 5.97 Å². The van der Waals surface area contributed by atoms with Gasteiger partial charge in [-0.25, -0.2) is 4.98 Å². The Balaban J connectivity index is 2.26. The molecule has 1 aliphatic heterocycles. The highest BCUT2D eigenvalue weighted by Crippen LogP contribution is 2.22. The van der Waals surface area contributed by atoms with Crippen molar-refractivity contribution < 1.29 is 23.8 Å². The second-order valence-electron chi connectivity index (χ2n) is 4.48. The fourth-order valence-corrected chi connectivity index (χ4v) is 2.32. The van der Waals surface area contributed by atoms with Crippen LogP contribution in [0.3, 0.4) is 0 Å². The van der Waals surface area contributed by atoms with E-state index in [1.54, 1.807) is 6.92 Å². The zero-order chi connectivity index (χ0) is 14.7. The Bertz CT molecular complexity index is 523. The van der Waals surface area contributed by atoms with Gasteiger partial charge in [0.25, 0.3) is 5.91 Å². The van der Waals surface area contributed by atoms with Gasteiger partial charge in [-0.1, -0.05) is 0 Å². The zero-order valence-corrected chi connectivity index (χ0v) is 11.0. The topological polar surface area (TPSA) is 79.7 Å².